The SMILES string of the molecule is CCCCCC1(c2ccccc2)CN(C(=O)[C@H](Cc2ccc(OC)cc2)c2ncc(NC(=O)CC)n2C)C1. The van der Waals surface area contributed by atoms with Gasteiger partial charge in [-0.05, 0) is 36.1 Å². The molecule has 1 N–H and O–H groups in total. The number of anilines is 1. The van der Waals surface area contributed by atoms with Crippen LogP contribution in [-0.2, 0) is 28.5 Å². The Morgan fingerprint density at radius 2 is 1.76 bits per heavy atom. The highest BCUT2D eigenvalue weighted by atomic mass is 16.5. The van der Waals surface area contributed by atoms with Crippen molar-refractivity contribution in [3.63, 3.8) is 0 Å². The predicted octanol–water partition coefficient (Wildman–Crippen LogP) is 5.46. The van der Waals surface area contributed by atoms with Gasteiger partial charge in [0.25, 0.3) is 0 Å². The van der Waals surface area contributed by atoms with Crippen LogP contribution in [0.5, 0.6) is 5.75 Å². The highest BCUT2D eigenvalue weighted by Crippen LogP contribution is 2.41. The Hall–Kier alpha value is -3.61. The zero-order valence-electron chi connectivity index (χ0n) is 23.1. The molecular formula is C31H40N4O3. The number of imidazole rings is 1. The summed E-state index contributed by atoms with van der Waals surface area (Å²) in [6.45, 7) is 5.46. The summed E-state index contributed by atoms with van der Waals surface area (Å²) in [5, 5.41) is 2.89. The zero-order valence-corrected chi connectivity index (χ0v) is 23.1. The molecule has 0 radical (unpaired) electrons. The first-order chi connectivity index (χ1) is 18.4. The van der Waals surface area contributed by atoms with Gasteiger partial charge in [-0.3, -0.25) is 9.59 Å². The normalized spacial score (nSPS) is 15.0. The summed E-state index contributed by atoms with van der Waals surface area (Å²) >= 11 is 0. The third-order valence-electron chi connectivity index (χ3n) is 7.77. The van der Waals surface area contributed by atoms with Gasteiger partial charge in [-0.15, -0.1) is 0 Å². The van der Waals surface area contributed by atoms with E-state index < -0.39 is 5.92 Å². The van der Waals surface area contributed by atoms with Gasteiger partial charge in [0, 0.05) is 32.0 Å². The summed E-state index contributed by atoms with van der Waals surface area (Å²) < 4.78 is 7.15. The standard InChI is InChI=1S/C31H40N4O3/c1-5-7-11-18-31(24-12-9-8-10-13-24)21-35(22-31)30(37)26(19-23-14-16-25(38-4)17-15-23)29-32-20-27(34(29)3)33-28(36)6-2/h8-10,12-17,20,26H,5-7,11,18-19,21-22H2,1-4H3,(H,33,36)/t26-/m1/s1. The number of carbonyl (C=O) groups excluding carboxylic acids is 2. The third kappa shape index (κ3) is 5.93. The molecule has 38 heavy (non-hydrogen) atoms. The maximum absolute atomic E-state index is 14.1. The minimum atomic E-state index is -0.468. The van der Waals surface area contributed by atoms with Crippen LogP contribution in [0.25, 0.3) is 0 Å². The number of methoxy groups -OCH3 is 1. The molecule has 1 saturated heterocycles. The molecule has 202 valence electrons. The molecule has 0 unspecified atom stereocenters. The Kier molecular flexibility index (Phi) is 8.87. The zero-order chi connectivity index (χ0) is 27.1. The second kappa shape index (κ2) is 12.3. The molecule has 2 amide bonds. The Morgan fingerprint density at radius 3 is 2.39 bits per heavy atom. The molecule has 1 aliphatic heterocycles. The molecule has 1 atom stereocenters. The largest absolute Gasteiger partial charge is 0.497 e. The molecule has 7 heteroatoms. The van der Waals surface area contributed by atoms with Crippen LogP contribution in [0.15, 0.2) is 60.8 Å². The number of hydrogen-bond acceptors (Lipinski definition) is 4. The molecule has 4 rings (SSSR count). The van der Waals surface area contributed by atoms with E-state index in [0.717, 1.165) is 24.2 Å². The number of hydrogen-bond donors (Lipinski definition) is 1. The summed E-state index contributed by atoms with van der Waals surface area (Å²) in [6.07, 6.45) is 7.14. The van der Waals surface area contributed by atoms with Crippen LogP contribution >= 0.6 is 0 Å². The van der Waals surface area contributed by atoms with Gasteiger partial charge in [-0.1, -0.05) is 75.6 Å². The fourth-order valence-corrected chi connectivity index (χ4v) is 5.43. The van der Waals surface area contributed by atoms with E-state index in [2.05, 4.69) is 41.5 Å². The lowest BCUT2D eigenvalue weighted by atomic mass is 9.69. The van der Waals surface area contributed by atoms with Crippen LogP contribution in [-0.4, -0.2) is 46.5 Å². The number of aromatic nitrogens is 2. The van der Waals surface area contributed by atoms with Crippen molar-refractivity contribution < 1.29 is 14.3 Å². The lowest BCUT2D eigenvalue weighted by Gasteiger charge is -2.52. The molecule has 2 aromatic carbocycles. The number of likely N-dealkylation sites (tertiary alicyclic amines) is 1. The fourth-order valence-electron chi connectivity index (χ4n) is 5.43. The van der Waals surface area contributed by atoms with Crippen molar-refractivity contribution in [2.75, 3.05) is 25.5 Å². The molecule has 0 saturated carbocycles. The predicted molar refractivity (Wildman–Crippen MR) is 150 cm³/mol. The van der Waals surface area contributed by atoms with Crippen LogP contribution in [0.2, 0.25) is 0 Å². The second-order valence-corrected chi connectivity index (χ2v) is 10.4. The van der Waals surface area contributed by atoms with Crippen molar-refractivity contribution in [1.29, 1.82) is 0 Å². The maximum Gasteiger partial charge on any atom is 0.233 e. The van der Waals surface area contributed by atoms with Crippen molar-refractivity contribution in [3.05, 3.63) is 77.7 Å². The maximum atomic E-state index is 14.1. The Labute approximate surface area is 226 Å². The van der Waals surface area contributed by atoms with E-state index in [1.165, 1.54) is 18.4 Å². The van der Waals surface area contributed by atoms with Gasteiger partial charge in [0.15, 0.2) is 0 Å². The Bertz CT molecular complexity index is 1210. The van der Waals surface area contributed by atoms with Crippen molar-refractivity contribution in [2.45, 2.75) is 63.7 Å². The minimum absolute atomic E-state index is 0.00134. The number of carbonyl (C=O) groups is 2. The lowest BCUT2D eigenvalue weighted by molar-refractivity contribution is -0.141. The van der Waals surface area contributed by atoms with Crippen molar-refractivity contribution in [3.8, 4) is 5.75 Å². The lowest BCUT2D eigenvalue weighted by Crippen LogP contribution is -2.62. The van der Waals surface area contributed by atoms with E-state index in [1.807, 2.05) is 53.8 Å². The number of nitrogens with one attached hydrogen (secondary N) is 1. The molecule has 0 bridgehead atoms. The fraction of sp³-hybridized carbons (Fsp3) is 0.452. The Morgan fingerprint density at radius 1 is 1.05 bits per heavy atom. The van der Waals surface area contributed by atoms with Gasteiger partial charge in [0.2, 0.25) is 11.8 Å². The van der Waals surface area contributed by atoms with Gasteiger partial charge in [0.05, 0.1) is 13.3 Å². The van der Waals surface area contributed by atoms with Crippen LogP contribution in [0, 0.1) is 0 Å². The minimum Gasteiger partial charge on any atom is -0.497 e. The molecule has 1 aromatic heterocycles. The average Bonchev–Trinajstić information content (AvgIpc) is 3.28. The quantitative estimate of drug-likeness (QED) is 0.324. The topological polar surface area (TPSA) is 76.5 Å². The monoisotopic (exact) mass is 516 g/mol. The molecule has 2 heterocycles. The van der Waals surface area contributed by atoms with Gasteiger partial charge in [-0.25, -0.2) is 4.98 Å². The van der Waals surface area contributed by atoms with Crippen LogP contribution in [0.3, 0.4) is 0 Å². The molecular weight excluding hydrogens is 476 g/mol. The van der Waals surface area contributed by atoms with Crippen molar-refractivity contribution >= 4 is 17.6 Å². The van der Waals surface area contributed by atoms with Crippen molar-refractivity contribution in [2.24, 2.45) is 7.05 Å². The van der Waals surface area contributed by atoms with Gasteiger partial charge in [0.1, 0.15) is 23.3 Å². The number of amides is 2. The van der Waals surface area contributed by atoms with Crippen LogP contribution < -0.4 is 10.1 Å². The van der Waals surface area contributed by atoms with E-state index in [0.29, 0.717) is 37.6 Å². The summed E-state index contributed by atoms with van der Waals surface area (Å²) in [5.74, 6) is 1.55. The smallest absolute Gasteiger partial charge is 0.233 e. The highest BCUT2D eigenvalue weighted by Gasteiger charge is 2.47. The molecule has 7 nitrogen and oxygen atoms in total. The van der Waals surface area contributed by atoms with Crippen LogP contribution in [0.4, 0.5) is 5.82 Å². The van der Waals surface area contributed by atoms with Crippen molar-refractivity contribution in [1.82, 2.24) is 14.5 Å². The number of unbranched alkanes of at least 4 members (excludes halogenated alkanes) is 2. The van der Waals surface area contributed by atoms with Gasteiger partial charge < -0.3 is 19.5 Å². The summed E-state index contributed by atoms with van der Waals surface area (Å²) in [6, 6.07) is 18.5. The van der Waals surface area contributed by atoms with Gasteiger partial charge >= 0.3 is 0 Å². The number of nitrogens with zero attached hydrogens (tertiary/aromatic N) is 3. The van der Waals surface area contributed by atoms with Gasteiger partial charge in [-0.2, -0.15) is 0 Å². The van der Waals surface area contributed by atoms with E-state index in [1.54, 1.807) is 13.3 Å². The second-order valence-electron chi connectivity index (χ2n) is 10.4. The molecule has 1 fully saturated rings. The van der Waals surface area contributed by atoms with Crippen LogP contribution in [0.1, 0.15) is 68.8 Å². The van der Waals surface area contributed by atoms with E-state index in [-0.39, 0.29) is 17.2 Å². The summed E-state index contributed by atoms with van der Waals surface area (Å²) in [7, 11) is 3.50. The Balaban J connectivity index is 1.60. The number of ether oxygens (including phenoxy) is 1. The average molecular weight is 517 g/mol. The molecule has 0 aliphatic carbocycles. The van der Waals surface area contributed by atoms with E-state index in [9.17, 15) is 9.59 Å². The number of benzene rings is 2. The third-order valence-corrected chi connectivity index (χ3v) is 7.77. The van der Waals surface area contributed by atoms with E-state index >= 15 is 0 Å². The molecule has 3 aromatic rings. The number of rotatable bonds is 12. The van der Waals surface area contributed by atoms with E-state index in [4.69, 9.17) is 4.74 Å². The first-order valence-corrected chi connectivity index (χ1v) is 13.7. The summed E-state index contributed by atoms with van der Waals surface area (Å²) in [5.41, 5.74) is 2.34. The highest BCUT2D eigenvalue weighted by molar-refractivity contribution is 5.90. The summed E-state index contributed by atoms with van der Waals surface area (Å²) in [4.78, 5) is 32.8. The molecule has 1 aliphatic rings. The first-order valence-electron chi connectivity index (χ1n) is 13.7. The molecule has 0 spiro atoms. The first kappa shape index (κ1) is 27.4.